The fourth-order valence-electron chi connectivity index (χ4n) is 2.75. The van der Waals surface area contributed by atoms with Crippen LogP contribution in [0.5, 0.6) is 5.75 Å². The largest absolute Gasteiger partial charge is 0.508 e. The monoisotopic (exact) mass is 399 g/mol. The number of benzene rings is 1. The SMILES string of the molecule is CC1(C)C(C=C(Cl)Cl)C1C(=O)OC(C#N)/C=C(\Cl)c1cccc(O)c1. The first-order valence-corrected chi connectivity index (χ1v) is 8.60. The second kappa shape index (κ2) is 7.70. The Morgan fingerprint density at radius 3 is 2.64 bits per heavy atom. The Balaban J connectivity index is 2.10. The number of aromatic hydroxyl groups is 1. The van der Waals surface area contributed by atoms with Crippen molar-refractivity contribution >= 4 is 45.8 Å². The number of ether oxygens (including phenoxy) is 1. The van der Waals surface area contributed by atoms with Crippen molar-refractivity contribution in [2.24, 2.45) is 17.3 Å². The van der Waals surface area contributed by atoms with Gasteiger partial charge in [-0.15, -0.1) is 0 Å². The smallest absolute Gasteiger partial charge is 0.311 e. The third-order valence-corrected chi connectivity index (χ3v) is 4.86. The van der Waals surface area contributed by atoms with Crippen LogP contribution in [0.4, 0.5) is 0 Å². The van der Waals surface area contributed by atoms with Gasteiger partial charge < -0.3 is 9.84 Å². The van der Waals surface area contributed by atoms with Crippen LogP contribution in [0, 0.1) is 28.6 Å². The zero-order valence-corrected chi connectivity index (χ0v) is 15.8. The molecular weight excluding hydrogens is 385 g/mol. The molecule has 0 aromatic heterocycles. The summed E-state index contributed by atoms with van der Waals surface area (Å²) < 4.78 is 5.35. The Labute approximate surface area is 161 Å². The Morgan fingerprint density at radius 1 is 1.40 bits per heavy atom. The van der Waals surface area contributed by atoms with E-state index >= 15 is 0 Å². The molecule has 2 rings (SSSR count). The summed E-state index contributed by atoms with van der Waals surface area (Å²) in [6.45, 7) is 3.79. The molecule has 1 N–H and O–H groups in total. The number of rotatable bonds is 5. The van der Waals surface area contributed by atoms with Crippen molar-refractivity contribution in [2.45, 2.75) is 20.0 Å². The van der Waals surface area contributed by atoms with Crippen LogP contribution in [-0.2, 0) is 9.53 Å². The van der Waals surface area contributed by atoms with E-state index < -0.39 is 18.0 Å². The van der Waals surface area contributed by atoms with Gasteiger partial charge in [0, 0.05) is 5.03 Å². The average molecular weight is 401 g/mol. The van der Waals surface area contributed by atoms with E-state index in [0.717, 1.165) is 0 Å². The molecule has 3 unspecified atom stereocenters. The van der Waals surface area contributed by atoms with Crippen molar-refractivity contribution in [1.82, 2.24) is 0 Å². The van der Waals surface area contributed by atoms with Gasteiger partial charge >= 0.3 is 5.97 Å². The number of carbonyl (C=O) groups is 1. The van der Waals surface area contributed by atoms with E-state index in [1.54, 1.807) is 18.2 Å². The van der Waals surface area contributed by atoms with Gasteiger partial charge in [0.2, 0.25) is 6.10 Å². The molecule has 0 spiro atoms. The highest BCUT2D eigenvalue weighted by Gasteiger charge is 2.61. The molecule has 0 saturated heterocycles. The van der Waals surface area contributed by atoms with E-state index in [9.17, 15) is 15.2 Å². The fraction of sp³-hybridized carbons (Fsp3) is 0.333. The minimum absolute atomic E-state index is 0.0434. The van der Waals surface area contributed by atoms with E-state index in [2.05, 4.69) is 0 Å². The number of hydrogen-bond acceptors (Lipinski definition) is 4. The lowest BCUT2D eigenvalue weighted by Crippen LogP contribution is -2.18. The molecule has 1 saturated carbocycles. The summed E-state index contributed by atoms with van der Waals surface area (Å²) in [6.07, 6.45) is 1.78. The van der Waals surface area contributed by atoms with Gasteiger partial charge in [0.15, 0.2) is 0 Å². The molecule has 0 aliphatic heterocycles. The highest BCUT2D eigenvalue weighted by Crippen LogP contribution is 2.60. The summed E-state index contributed by atoms with van der Waals surface area (Å²) in [5.41, 5.74) is 0.171. The number of carbonyl (C=O) groups excluding carboxylic acids is 1. The van der Waals surface area contributed by atoms with Gasteiger partial charge in [0.1, 0.15) is 16.3 Å². The molecule has 7 heteroatoms. The molecule has 1 aromatic rings. The van der Waals surface area contributed by atoms with E-state index in [0.29, 0.717) is 5.56 Å². The Morgan fingerprint density at radius 2 is 2.08 bits per heavy atom. The Bertz CT molecular complexity index is 776. The van der Waals surface area contributed by atoms with Gasteiger partial charge in [-0.2, -0.15) is 5.26 Å². The topological polar surface area (TPSA) is 70.3 Å². The molecule has 25 heavy (non-hydrogen) atoms. The lowest BCUT2D eigenvalue weighted by Gasteiger charge is -2.09. The molecule has 132 valence electrons. The zero-order chi connectivity index (χ0) is 18.8. The molecule has 1 fully saturated rings. The summed E-state index contributed by atoms with van der Waals surface area (Å²) in [6, 6.07) is 8.11. The molecule has 0 bridgehead atoms. The van der Waals surface area contributed by atoms with Crippen molar-refractivity contribution in [1.29, 1.82) is 5.26 Å². The van der Waals surface area contributed by atoms with Gasteiger partial charge in [-0.25, -0.2) is 0 Å². The van der Waals surface area contributed by atoms with Crippen LogP contribution in [0.2, 0.25) is 0 Å². The van der Waals surface area contributed by atoms with E-state index in [4.69, 9.17) is 39.5 Å². The van der Waals surface area contributed by atoms with Crippen molar-refractivity contribution < 1.29 is 14.6 Å². The van der Waals surface area contributed by atoms with E-state index in [1.165, 1.54) is 18.2 Å². The minimum Gasteiger partial charge on any atom is -0.508 e. The first-order valence-electron chi connectivity index (χ1n) is 7.46. The van der Waals surface area contributed by atoms with Gasteiger partial charge in [-0.1, -0.05) is 60.8 Å². The maximum atomic E-state index is 12.4. The molecule has 0 radical (unpaired) electrons. The number of nitrogens with zero attached hydrogens (tertiary/aromatic N) is 1. The third kappa shape index (κ3) is 4.70. The number of hydrogen-bond donors (Lipinski definition) is 1. The number of phenols is 1. The van der Waals surface area contributed by atoms with Gasteiger partial charge in [-0.05, 0) is 41.2 Å². The Kier molecular flexibility index (Phi) is 6.05. The Hall–Kier alpha value is -1.67. The quantitative estimate of drug-likeness (QED) is 0.706. The lowest BCUT2D eigenvalue weighted by atomic mass is 10.1. The molecule has 0 amide bonds. The average Bonchev–Trinajstić information content (AvgIpc) is 3.06. The van der Waals surface area contributed by atoms with E-state index in [1.807, 2.05) is 19.9 Å². The summed E-state index contributed by atoms with van der Waals surface area (Å²) in [5.74, 6) is -1.04. The van der Waals surface area contributed by atoms with Crippen molar-refractivity contribution in [3.05, 3.63) is 46.5 Å². The lowest BCUT2D eigenvalue weighted by molar-refractivity contribution is -0.147. The highest BCUT2D eigenvalue weighted by molar-refractivity contribution is 6.55. The maximum Gasteiger partial charge on any atom is 0.311 e. The summed E-state index contributed by atoms with van der Waals surface area (Å²) in [5, 5.41) is 18.9. The van der Waals surface area contributed by atoms with Crippen molar-refractivity contribution in [3.8, 4) is 11.8 Å². The predicted molar refractivity (Wildman–Crippen MR) is 98.0 cm³/mol. The normalized spacial score (nSPS) is 22.5. The van der Waals surface area contributed by atoms with Crippen molar-refractivity contribution in [3.63, 3.8) is 0 Å². The summed E-state index contributed by atoms with van der Waals surface area (Å²) in [4.78, 5) is 12.4. The standard InChI is InChI=1S/C18H16Cl3NO3/c1-18(2)13(8-15(20)21)16(18)17(24)25-12(9-22)7-14(19)10-4-3-5-11(23)6-10/h3-8,12-13,16,23H,1-2H3/b14-7-. The summed E-state index contributed by atoms with van der Waals surface area (Å²) in [7, 11) is 0. The maximum absolute atomic E-state index is 12.4. The molecule has 1 aromatic carbocycles. The summed E-state index contributed by atoms with van der Waals surface area (Å²) >= 11 is 17.5. The number of esters is 1. The number of halogens is 3. The second-order valence-corrected chi connectivity index (χ2v) is 7.75. The fourth-order valence-corrected chi connectivity index (χ4v) is 3.26. The minimum atomic E-state index is -1.14. The van der Waals surface area contributed by atoms with Crippen LogP contribution in [0.15, 0.2) is 40.9 Å². The molecular formula is C18H16Cl3NO3. The molecule has 3 atom stereocenters. The van der Waals surface area contributed by atoms with Gasteiger partial charge in [0.05, 0.1) is 5.92 Å². The first-order chi connectivity index (χ1) is 11.7. The predicted octanol–water partition coefficient (Wildman–Crippen LogP) is 5.00. The van der Waals surface area contributed by atoms with Crippen LogP contribution in [0.3, 0.4) is 0 Å². The molecule has 1 aliphatic rings. The first kappa shape index (κ1) is 19.7. The number of nitriles is 1. The van der Waals surface area contributed by atoms with Crippen molar-refractivity contribution in [2.75, 3.05) is 0 Å². The van der Waals surface area contributed by atoms with Crippen LogP contribution in [0.1, 0.15) is 19.4 Å². The zero-order valence-electron chi connectivity index (χ0n) is 13.5. The van der Waals surface area contributed by atoms with E-state index in [-0.39, 0.29) is 26.6 Å². The highest BCUT2D eigenvalue weighted by atomic mass is 35.5. The van der Waals surface area contributed by atoms with Gasteiger partial charge in [-0.3, -0.25) is 4.79 Å². The van der Waals surface area contributed by atoms with Crippen LogP contribution < -0.4 is 0 Å². The molecule has 0 heterocycles. The van der Waals surface area contributed by atoms with Crippen LogP contribution in [-0.4, -0.2) is 17.2 Å². The number of phenolic OH excluding ortho intramolecular Hbond substituents is 1. The molecule has 4 nitrogen and oxygen atoms in total. The van der Waals surface area contributed by atoms with Crippen LogP contribution in [0.25, 0.3) is 5.03 Å². The second-order valence-electron chi connectivity index (χ2n) is 6.33. The molecule has 1 aliphatic carbocycles. The van der Waals surface area contributed by atoms with Gasteiger partial charge in [0.25, 0.3) is 0 Å². The number of allylic oxidation sites excluding steroid dienone is 1. The van der Waals surface area contributed by atoms with Crippen LogP contribution >= 0.6 is 34.8 Å². The third-order valence-electron chi connectivity index (χ3n) is 4.26.